The first kappa shape index (κ1) is 18.8. The fraction of sp³-hybridized carbons (Fsp3) is 0.421. The molecule has 0 saturated carbocycles. The normalized spacial score (nSPS) is 16.7. The van der Waals surface area contributed by atoms with E-state index in [1.165, 1.54) is 6.07 Å². The van der Waals surface area contributed by atoms with E-state index in [0.717, 1.165) is 30.6 Å². The molecule has 1 saturated heterocycles. The minimum absolute atomic E-state index is 0.0117. The number of hydrogen-bond acceptors (Lipinski definition) is 6. The van der Waals surface area contributed by atoms with Gasteiger partial charge in [-0.15, -0.1) is 0 Å². The Hall–Kier alpha value is -3.03. The number of methoxy groups -OCH3 is 2. The molecule has 0 unspecified atom stereocenters. The number of nitrogens with zero attached hydrogens (tertiary/aromatic N) is 2. The van der Waals surface area contributed by atoms with Gasteiger partial charge in [-0.1, -0.05) is 12.1 Å². The number of rotatable bonds is 6. The van der Waals surface area contributed by atoms with E-state index in [0.29, 0.717) is 24.6 Å². The average molecular weight is 372 g/mol. The summed E-state index contributed by atoms with van der Waals surface area (Å²) >= 11 is 0. The highest BCUT2D eigenvalue weighted by Gasteiger charge is 2.26. The lowest BCUT2D eigenvalue weighted by molar-refractivity contribution is -0.125. The number of carbonyl (C=O) groups is 1. The summed E-state index contributed by atoms with van der Waals surface area (Å²) in [5.74, 6) is 1.10. The first-order valence-electron chi connectivity index (χ1n) is 8.89. The molecule has 2 aromatic rings. The molecule has 0 aliphatic carbocycles. The van der Waals surface area contributed by atoms with E-state index in [2.05, 4.69) is 15.5 Å². The molecule has 8 heteroatoms. The van der Waals surface area contributed by atoms with Gasteiger partial charge >= 0.3 is 0 Å². The van der Waals surface area contributed by atoms with E-state index in [-0.39, 0.29) is 17.4 Å². The van der Waals surface area contributed by atoms with Crippen molar-refractivity contribution in [3.05, 3.63) is 46.4 Å². The lowest BCUT2D eigenvalue weighted by atomic mass is 9.96. The van der Waals surface area contributed by atoms with Crippen LogP contribution in [0.1, 0.15) is 18.4 Å². The maximum absolute atomic E-state index is 12.7. The molecule has 1 aliphatic rings. The minimum Gasteiger partial charge on any atom is -0.493 e. The SMILES string of the molecule is COc1cccc(CNC(=O)[C@@H]2CCCN(c3cn[nH]c(=O)c3)C2)c1OC. The van der Waals surface area contributed by atoms with Gasteiger partial charge in [0.2, 0.25) is 5.91 Å². The molecule has 1 aromatic carbocycles. The van der Waals surface area contributed by atoms with Gasteiger partial charge in [-0.05, 0) is 18.9 Å². The molecule has 1 atom stereocenters. The topological polar surface area (TPSA) is 96.5 Å². The van der Waals surface area contributed by atoms with Crippen molar-refractivity contribution < 1.29 is 14.3 Å². The molecule has 144 valence electrons. The third-order valence-electron chi connectivity index (χ3n) is 4.75. The van der Waals surface area contributed by atoms with Gasteiger partial charge in [-0.3, -0.25) is 9.59 Å². The number of para-hydroxylation sites is 1. The van der Waals surface area contributed by atoms with Crippen LogP contribution in [-0.2, 0) is 11.3 Å². The Kier molecular flexibility index (Phi) is 5.95. The first-order chi connectivity index (χ1) is 13.1. The number of aromatic amines is 1. The number of aromatic nitrogens is 2. The number of ether oxygens (including phenoxy) is 2. The van der Waals surface area contributed by atoms with Crippen LogP contribution in [0, 0.1) is 5.92 Å². The van der Waals surface area contributed by atoms with Gasteiger partial charge < -0.3 is 19.7 Å². The Labute approximate surface area is 157 Å². The zero-order valence-electron chi connectivity index (χ0n) is 15.5. The molecule has 1 aliphatic heterocycles. The van der Waals surface area contributed by atoms with Gasteiger partial charge in [0.25, 0.3) is 5.56 Å². The van der Waals surface area contributed by atoms with Gasteiger partial charge in [0.15, 0.2) is 11.5 Å². The zero-order chi connectivity index (χ0) is 19.2. The maximum atomic E-state index is 12.7. The standard InChI is InChI=1S/C19H24N4O4/c1-26-16-7-3-5-13(18(16)27-2)10-20-19(25)14-6-4-8-23(12-14)15-9-17(24)22-21-11-15/h3,5,7,9,11,14H,4,6,8,10,12H2,1-2H3,(H,20,25)(H,22,24)/t14-/m1/s1. The summed E-state index contributed by atoms with van der Waals surface area (Å²) in [5, 5.41) is 9.20. The van der Waals surface area contributed by atoms with Crippen LogP contribution >= 0.6 is 0 Å². The number of H-pyrrole nitrogens is 1. The van der Waals surface area contributed by atoms with Crippen molar-refractivity contribution >= 4 is 11.6 Å². The van der Waals surface area contributed by atoms with Gasteiger partial charge in [-0.25, -0.2) is 5.10 Å². The Morgan fingerprint density at radius 3 is 2.96 bits per heavy atom. The highest BCUT2D eigenvalue weighted by Crippen LogP contribution is 2.30. The van der Waals surface area contributed by atoms with Crippen LogP contribution < -0.4 is 25.2 Å². The van der Waals surface area contributed by atoms with Crippen molar-refractivity contribution in [3.8, 4) is 11.5 Å². The summed E-state index contributed by atoms with van der Waals surface area (Å²) in [7, 11) is 3.16. The summed E-state index contributed by atoms with van der Waals surface area (Å²) in [4.78, 5) is 26.2. The number of nitrogens with one attached hydrogen (secondary N) is 2. The molecule has 0 radical (unpaired) electrons. The van der Waals surface area contributed by atoms with Gasteiger partial charge in [-0.2, -0.15) is 5.10 Å². The molecule has 3 rings (SSSR count). The number of benzene rings is 1. The molecule has 8 nitrogen and oxygen atoms in total. The van der Waals surface area contributed by atoms with Crippen molar-refractivity contribution in [2.45, 2.75) is 19.4 Å². The lowest BCUT2D eigenvalue weighted by Crippen LogP contribution is -2.43. The van der Waals surface area contributed by atoms with Crippen LogP contribution in [-0.4, -0.2) is 43.4 Å². The van der Waals surface area contributed by atoms with E-state index in [1.54, 1.807) is 20.4 Å². The quantitative estimate of drug-likeness (QED) is 0.794. The second-order valence-corrected chi connectivity index (χ2v) is 6.46. The van der Waals surface area contributed by atoms with Crippen molar-refractivity contribution in [3.63, 3.8) is 0 Å². The monoisotopic (exact) mass is 372 g/mol. The lowest BCUT2D eigenvalue weighted by Gasteiger charge is -2.33. The van der Waals surface area contributed by atoms with Crippen LogP contribution in [0.4, 0.5) is 5.69 Å². The molecule has 0 bridgehead atoms. The minimum atomic E-state index is -0.246. The summed E-state index contributed by atoms with van der Waals surface area (Å²) in [5.41, 5.74) is 1.35. The average Bonchev–Trinajstić information content (AvgIpc) is 2.71. The maximum Gasteiger partial charge on any atom is 0.266 e. The molecule has 0 spiro atoms. The predicted octanol–water partition coefficient (Wildman–Crippen LogP) is 1.32. The van der Waals surface area contributed by atoms with E-state index in [4.69, 9.17) is 9.47 Å². The molecule has 1 amide bonds. The summed E-state index contributed by atoms with van der Waals surface area (Å²) < 4.78 is 10.7. The molecule has 1 aromatic heterocycles. The van der Waals surface area contributed by atoms with Crippen LogP contribution in [0.3, 0.4) is 0 Å². The van der Waals surface area contributed by atoms with Crippen molar-refractivity contribution in [1.29, 1.82) is 0 Å². The molecule has 2 N–H and O–H groups in total. The summed E-state index contributed by atoms with van der Waals surface area (Å²) in [6.07, 6.45) is 3.31. The van der Waals surface area contributed by atoms with Crippen LogP contribution in [0.25, 0.3) is 0 Å². The van der Waals surface area contributed by atoms with Gasteiger partial charge in [0.1, 0.15) is 0 Å². The number of hydrogen-bond donors (Lipinski definition) is 2. The van der Waals surface area contributed by atoms with E-state index in [9.17, 15) is 9.59 Å². The van der Waals surface area contributed by atoms with E-state index >= 15 is 0 Å². The number of amides is 1. The largest absolute Gasteiger partial charge is 0.493 e. The Bertz CT molecular complexity index is 852. The highest BCUT2D eigenvalue weighted by molar-refractivity contribution is 5.79. The Morgan fingerprint density at radius 2 is 2.22 bits per heavy atom. The van der Waals surface area contributed by atoms with Crippen LogP contribution in [0.15, 0.2) is 35.3 Å². The van der Waals surface area contributed by atoms with Gasteiger partial charge in [0, 0.05) is 31.3 Å². The summed E-state index contributed by atoms with van der Waals surface area (Å²) in [6.45, 7) is 1.73. The van der Waals surface area contributed by atoms with Crippen molar-refractivity contribution in [1.82, 2.24) is 15.5 Å². The van der Waals surface area contributed by atoms with Crippen LogP contribution in [0.2, 0.25) is 0 Å². The molecule has 2 heterocycles. The summed E-state index contributed by atoms with van der Waals surface area (Å²) in [6, 6.07) is 7.09. The number of anilines is 1. The third kappa shape index (κ3) is 4.39. The van der Waals surface area contributed by atoms with E-state index in [1.807, 2.05) is 23.1 Å². The first-order valence-corrected chi connectivity index (χ1v) is 8.89. The predicted molar refractivity (Wildman–Crippen MR) is 101 cm³/mol. The second kappa shape index (κ2) is 8.57. The van der Waals surface area contributed by atoms with Crippen LogP contribution in [0.5, 0.6) is 11.5 Å². The second-order valence-electron chi connectivity index (χ2n) is 6.46. The van der Waals surface area contributed by atoms with Crippen molar-refractivity contribution in [2.24, 2.45) is 5.92 Å². The zero-order valence-corrected chi connectivity index (χ0v) is 15.5. The Balaban J connectivity index is 1.64. The van der Waals surface area contributed by atoms with E-state index < -0.39 is 0 Å². The highest BCUT2D eigenvalue weighted by atomic mass is 16.5. The fourth-order valence-electron chi connectivity index (χ4n) is 3.38. The number of piperidine rings is 1. The molecular formula is C19H24N4O4. The third-order valence-corrected chi connectivity index (χ3v) is 4.75. The molecular weight excluding hydrogens is 348 g/mol. The molecule has 27 heavy (non-hydrogen) atoms. The fourth-order valence-corrected chi connectivity index (χ4v) is 3.38. The molecule has 1 fully saturated rings. The number of carbonyl (C=O) groups excluding carboxylic acids is 1. The Morgan fingerprint density at radius 1 is 1.37 bits per heavy atom. The van der Waals surface area contributed by atoms with Gasteiger partial charge in [0.05, 0.1) is 32.0 Å². The van der Waals surface area contributed by atoms with Crippen molar-refractivity contribution in [2.75, 3.05) is 32.2 Å². The smallest absolute Gasteiger partial charge is 0.266 e.